The van der Waals surface area contributed by atoms with E-state index >= 15 is 0 Å². The first-order chi connectivity index (χ1) is 8.00. The molecule has 1 atom stereocenters. The monoisotopic (exact) mass is 259 g/mol. The number of nitrogens with zero attached hydrogens (tertiary/aromatic N) is 1. The minimum absolute atomic E-state index is 0.117. The van der Waals surface area contributed by atoms with Gasteiger partial charge in [0.1, 0.15) is 6.10 Å². The van der Waals surface area contributed by atoms with E-state index in [-0.39, 0.29) is 12.7 Å². The van der Waals surface area contributed by atoms with Gasteiger partial charge in [-0.25, -0.2) is 0 Å². The van der Waals surface area contributed by atoms with Gasteiger partial charge in [-0.2, -0.15) is 8.42 Å². The normalized spacial score (nSPS) is 18.9. The molecule has 1 aromatic rings. The number of rotatable bonds is 5. The van der Waals surface area contributed by atoms with Crippen molar-refractivity contribution in [2.24, 2.45) is 0 Å². The van der Waals surface area contributed by atoms with Crippen LogP contribution in [0.1, 0.15) is 0 Å². The summed E-state index contributed by atoms with van der Waals surface area (Å²) in [5.41, 5.74) is -0.496. The molecule has 0 spiro atoms. The highest BCUT2D eigenvalue weighted by Crippen LogP contribution is 2.25. The van der Waals surface area contributed by atoms with Gasteiger partial charge in [-0.15, -0.1) is 0 Å². The third-order valence-electron chi connectivity index (χ3n) is 2.14. The van der Waals surface area contributed by atoms with Crippen LogP contribution in [-0.2, 0) is 19.0 Å². The smallest absolute Gasteiger partial charge is 0.303 e. The molecule has 0 aliphatic carbocycles. The average Bonchev–Trinajstić information content (AvgIpc) is 3.10. The van der Waals surface area contributed by atoms with Crippen molar-refractivity contribution in [3.8, 4) is 0 Å². The summed E-state index contributed by atoms with van der Waals surface area (Å²) in [5, 5.41) is 10.7. The minimum Gasteiger partial charge on any atom is -0.371 e. The van der Waals surface area contributed by atoms with E-state index in [1.807, 2.05) is 0 Å². The van der Waals surface area contributed by atoms with Crippen LogP contribution in [0.5, 0.6) is 0 Å². The Hall–Kier alpha value is -1.51. The maximum atomic E-state index is 11.7. The van der Waals surface area contributed by atoms with E-state index in [9.17, 15) is 18.5 Å². The number of hydrogen-bond donors (Lipinski definition) is 0. The molecule has 1 fully saturated rings. The van der Waals surface area contributed by atoms with Gasteiger partial charge in [0.05, 0.1) is 18.1 Å². The lowest BCUT2D eigenvalue weighted by molar-refractivity contribution is -0.387. The van der Waals surface area contributed by atoms with Crippen LogP contribution in [0, 0.1) is 10.1 Å². The van der Waals surface area contributed by atoms with Crippen LogP contribution in [0.25, 0.3) is 0 Å². The fraction of sp³-hybridized carbons (Fsp3) is 0.333. The second-order valence-corrected chi connectivity index (χ2v) is 5.00. The van der Waals surface area contributed by atoms with Crippen molar-refractivity contribution in [2.75, 3.05) is 13.2 Å². The molecule has 1 aliphatic rings. The number of epoxide rings is 1. The molecule has 2 rings (SSSR count). The first-order valence-electron chi connectivity index (χ1n) is 4.75. The van der Waals surface area contributed by atoms with E-state index in [0.29, 0.717) is 6.61 Å². The minimum atomic E-state index is -4.11. The van der Waals surface area contributed by atoms with Crippen molar-refractivity contribution in [3.63, 3.8) is 0 Å². The van der Waals surface area contributed by atoms with Crippen LogP contribution in [-0.4, -0.2) is 32.7 Å². The Bertz CT molecular complexity index is 536. The van der Waals surface area contributed by atoms with Crippen LogP contribution in [0.15, 0.2) is 29.2 Å². The van der Waals surface area contributed by atoms with Gasteiger partial charge in [-0.3, -0.25) is 14.3 Å². The highest BCUT2D eigenvalue weighted by atomic mass is 32.2. The van der Waals surface area contributed by atoms with Crippen molar-refractivity contribution in [3.05, 3.63) is 34.4 Å². The van der Waals surface area contributed by atoms with Crippen LogP contribution >= 0.6 is 0 Å². The Morgan fingerprint density at radius 2 is 2.12 bits per heavy atom. The third kappa shape index (κ3) is 2.78. The summed E-state index contributed by atoms with van der Waals surface area (Å²) < 4.78 is 32.9. The number of benzene rings is 1. The summed E-state index contributed by atoms with van der Waals surface area (Å²) in [6, 6.07) is 5.04. The van der Waals surface area contributed by atoms with Gasteiger partial charge >= 0.3 is 10.1 Å². The number of hydrogen-bond acceptors (Lipinski definition) is 6. The lowest BCUT2D eigenvalue weighted by Gasteiger charge is -2.04. The fourth-order valence-electron chi connectivity index (χ4n) is 1.21. The number of para-hydroxylation sites is 1. The zero-order valence-electron chi connectivity index (χ0n) is 8.61. The van der Waals surface area contributed by atoms with Crippen molar-refractivity contribution in [1.82, 2.24) is 0 Å². The number of nitro groups is 1. The number of ether oxygens (including phenoxy) is 1. The molecule has 0 bridgehead atoms. The largest absolute Gasteiger partial charge is 0.371 e. The molecule has 0 saturated carbocycles. The summed E-state index contributed by atoms with van der Waals surface area (Å²) in [5.74, 6) is 0. The molecule has 1 aromatic carbocycles. The topological polar surface area (TPSA) is 99.0 Å². The molecule has 0 amide bonds. The summed E-state index contributed by atoms with van der Waals surface area (Å²) in [6.45, 7) is 0.334. The molecule has 0 unspecified atom stereocenters. The molecular weight excluding hydrogens is 250 g/mol. The van der Waals surface area contributed by atoms with Crippen LogP contribution in [0.3, 0.4) is 0 Å². The molecule has 0 N–H and O–H groups in total. The highest BCUT2D eigenvalue weighted by Gasteiger charge is 2.30. The summed E-state index contributed by atoms with van der Waals surface area (Å²) in [6.07, 6.45) is -0.229. The molecule has 0 aromatic heterocycles. The number of nitro benzene ring substituents is 1. The maximum Gasteiger partial charge on any atom is 0.303 e. The van der Waals surface area contributed by atoms with Crippen molar-refractivity contribution >= 4 is 15.8 Å². The lowest BCUT2D eigenvalue weighted by atomic mass is 10.3. The molecule has 1 heterocycles. The molecule has 1 aliphatic heterocycles. The van der Waals surface area contributed by atoms with E-state index < -0.39 is 25.6 Å². The van der Waals surface area contributed by atoms with E-state index in [4.69, 9.17) is 4.74 Å². The van der Waals surface area contributed by atoms with Crippen molar-refractivity contribution in [1.29, 1.82) is 0 Å². The Kier molecular flexibility index (Phi) is 3.09. The van der Waals surface area contributed by atoms with Crippen LogP contribution < -0.4 is 0 Å². The average molecular weight is 259 g/mol. The molecule has 8 heteroatoms. The third-order valence-corrected chi connectivity index (χ3v) is 3.47. The van der Waals surface area contributed by atoms with E-state index in [1.165, 1.54) is 12.1 Å². The molecule has 0 radical (unpaired) electrons. The zero-order chi connectivity index (χ0) is 12.5. The van der Waals surface area contributed by atoms with Crippen molar-refractivity contribution < 1.29 is 22.3 Å². The highest BCUT2D eigenvalue weighted by molar-refractivity contribution is 7.87. The van der Waals surface area contributed by atoms with Gasteiger partial charge in [-0.1, -0.05) is 12.1 Å². The predicted octanol–water partition coefficient (Wildman–Crippen LogP) is 0.699. The van der Waals surface area contributed by atoms with E-state index in [2.05, 4.69) is 4.18 Å². The Morgan fingerprint density at radius 3 is 2.71 bits per heavy atom. The SMILES string of the molecule is O=[N+]([O-])c1ccccc1S(=O)(=O)OC[C@H]1CO1. The predicted molar refractivity (Wildman–Crippen MR) is 56.0 cm³/mol. The van der Waals surface area contributed by atoms with Gasteiger partial charge in [0.15, 0.2) is 4.90 Å². The molecule has 7 nitrogen and oxygen atoms in total. The quantitative estimate of drug-likeness (QED) is 0.334. The van der Waals surface area contributed by atoms with Crippen LogP contribution in [0.2, 0.25) is 0 Å². The van der Waals surface area contributed by atoms with Gasteiger partial charge in [0, 0.05) is 6.07 Å². The maximum absolute atomic E-state index is 11.7. The van der Waals surface area contributed by atoms with Gasteiger partial charge < -0.3 is 4.74 Å². The van der Waals surface area contributed by atoms with Crippen molar-refractivity contribution in [2.45, 2.75) is 11.0 Å². The zero-order valence-corrected chi connectivity index (χ0v) is 9.42. The first-order valence-corrected chi connectivity index (χ1v) is 6.16. The summed E-state index contributed by atoms with van der Waals surface area (Å²) >= 11 is 0. The Morgan fingerprint density at radius 1 is 1.47 bits per heavy atom. The van der Waals surface area contributed by atoms with E-state index in [1.54, 1.807) is 0 Å². The molecule has 1 saturated heterocycles. The van der Waals surface area contributed by atoms with Gasteiger partial charge in [0.25, 0.3) is 5.69 Å². The second kappa shape index (κ2) is 4.40. The van der Waals surface area contributed by atoms with Gasteiger partial charge in [0.2, 0.25) is 0 Å². The summed E-state index contributed by atoms with van der Waals surface area (Å²) in [7, 11) is -4.11. The van der Waals surface area contributed by atoms with Crippen LogP contribution in [0.4, 0.5) is 5.69 Å². The standard InChI is InChI=1S/C9H9NO6S/c11-10(12)8-3-1-2-4-9(8)17(13,14)16-6-7-5-15-7/h1-4,7H,5-6H2/t7-/m1/s1. The molecule has 17 heavy (non-hydrogen) atoms. The molecular formula is C9H9NO6S. The Labute approximate surface area is 97.2 Å². The van der Waals surface area contributed by atoms with E-state index in [0.717, 1.165) is 12.1 Å². The second-order valence-electron chi connectivity index (χ2n) is 3.42. The molecule has 92 valence electrons. The Balaban J connectivity index is 2.27. The van der Waals surface area contributed by atoms with Gasteiger partial charge in [-0.05, 0) is 6.07 Å². The first kappa shape index (κ1) is 12.0. The summed E-state index contributed by atoms with van der Waals surface area (Å²) in [4.78, 5) is 9.48. The lowest BCUT2D eigenvalue weighted by Crippen LogP contribution is -2.12. The fourth-order valence-corrected chi connectivity index (χ4v) is 2.31.